The first-order valence-electron chi connectivity index (χ1n) is 9.29. The molecule has 0 atom stereocenters. The maximum absolute atomic E-state index is 10.4. The zero-order chi connectivity index (χ0) is 19.0. The van der Waals surface area contributed by atoms with Gasteiger partial charge in [-0.2, -0.15) is 0 Å². The van der Waals surface area contributed by atoms with Crippen molar-refractivity contribution in [3.8, 4) is 0 Å². The Hall–Kier alpha value is -0.401. The topological polar surface area (TPSA) is 37.3 Å². The second-order valence-electron chi connectivity index (χ2n) is 7.18. The van der Waals surface area contributed by atoms with Gasteiger partial charge in [-0.3, -0.25) is 0 Å². The number of aryl methyl sites for hydroxylation is 2. The van der Waals surface area contributed by atoms with Crippen molar-refractivity contribution in [3.63, 3.8) is 0 Å². The molecule has 0 spiro atoms. The Bertz CT molecular complexity index is 629. The van der Waals surface area contributed by atoms with Gasteiger partial charge in [0.15, 0.2) is 6.29 Å². The first kappa shape index (κ1) is 21.9. The van der Waals surface area contributed by atoms with Crippen LogP contribution in [-0.2, 0) is 4.79 Å². The zero-order valence-corrected chi connectivity index (χ0v) is 20.7. The third kappa shape index (κ3) is 6.96. The Balaban J connectivity index is 0.000000209. The third-order valence-electron chi connectivity index (χ3n) is 4.80. The van der Waals surface area contributed by atoms with Crippen LogP contribution in [0.15, 0.2) is 48.5 Å². The number of carbonyl (C=O) groups is 1. The number of rotatable bonds is 3. The minimum atomic E-state index is -1.59. The number of hydrogen-bond acceptors (Lipinski definition) is 2. The van der Waals surface area contributed by atoms with E-state index in [1.807, 2.05) is 0 Å². The molecule has 0 bridgehead atoms. The molecular formula is C22H28IO2Sn. The van der Waals surface area contributed by atoms with Crippen LogP contribution in [0.5, 0.6) is 0 Å². The minimum absolute atomic E-state index is 0.663. The number of halogens is 1. The second-order valence-corrected chi connectivity index (χ2v) is 19.5. The second kappa shape index (κ2) is 10.8. The van der Waals surface area contributed by atoms with Gasteiger partial charge >= 0.3 is 115 Å². The molecule has 2 aromatic rings. The van der Waals surface area contributed by atoms with Crippen LogP contribution in [0, 0.1) is 13.8 Å². The van der Waals surface area contributed by atoms with Gasteiger partial charge in [0.25, 0.3) is 0 Å². The van der Waals surface area contributed by atoms with Gasteiger partial charge in [-0.1, -0.05) is 25.7 Å². The van der Waals surface area contributed by atoms with Crippen LogP contribution in [0.3, 0.4) is 0 Å². The summed E-state index contributed by atoms with van der Waals surface area (Å²) in [5.41, 5.74) is 1.72. The third-order valence-corrected chi connectivity index (χ3v) is 18.0. The van der Waals surface area contributed by atoms with Crippen LogP contribution in [0.1, 0.15) is 49.7 Å². The predicted molar refractivity (Wildman–Crippen MR) is 120 cm³/mol. The Morgan fingerprint density at radius 3 is 1.58 bits per heavy atom. The van der Waals surface area contributed by atoms with Crippen molar-refractivity contribution in [2.75, 3.05) is 0 Å². The summed E-state index contributed by atoms with van der Waals surface area (Å²) in [6.45, 7) is 4.29. The molecule has 1 saturated carbocycles. The van der Waals surface area contributed by atoms with Gasteiger partial charge in [0.2, 0.25) is 0 Å². The van der Waals surface area contributed by atoms with E-state index >= 15 is 0 Å². The molecule has 4 heteroatoms. The molecular weight excluding hydrogens is 542 g/mol. The fourth-order valence-electron chi connectivity index (χ4n) is 3.03. The molecule has 0 heterocycles. The molecule has 0 unspecified atom stereocenters. The first-order valence-corrected chi connectivity index (χ1v) is 20.5. The maximum Gasteiger partial charge on any atom is 0.151 e. The van der Waals surface area contributed by atoms with E-state index in [1.165, 1.54) is 11.1 Å². The molecule has 0 saturated heterocycles. The smallest absolute Gasteiger partial charge is 0.151 e. The quantitative estimate of drug-likeness (QED) is 0.261. The molecule has 1 radical (unpaired) electrons. The van der Waals surface area contributed by atoms with E-state index < -0.39 is 21.4 Å². The summed E-state index contributed by atoms with van der Waals surface area (Å²) in [5.74, 6) is 0. The first-order chi connectivity index (χ1) is 12.4. The largest absolute Gasteiger partial charge is 0.382 e. The van der Waals surface area contributed by atoms with E-state index in [2.05, 4.69) is 81.0 Å². The van der Waals surface area contributed by atoms with Crippen LogP contribution in [0.25, 0.3) is 0 Å². The summed E-state index contributed by atoms with van der Waals surface area (Å²) in [7, 11) is 0. The monoisotopic (exact) mass is 571 g/mol. The number of aldehydes is 1. The normalized spacial score (nSPS) is 16.3. The van der Waals surface area contributed by atoms with Gasteiger partial charge in [-0.25, -0.2) is 0 Å². The van der Waals surface area contributed by atoms with Crippen LogP contribution >= 0.6 is 18.6 Å². The molecule has 2 aromatic carbocycles. The van der Waals surface area contributed by atoms with Crippen LogP contribution in [0.2, 0.25) is 0 Å². The van der Waals surface area contributed by atoms with Crippen molar-refractivity contribution < 1.29 is 9.90 Å². The Labute approximate surface area is 174 Å². The van der Waals surface area contributed by atoms with Crippen molar-refractivity contribution in [3.05, 3.63) is 59.7 Å². The zero-order valence-electron chi connectivity index (χ0n) is 15.7. The summed E-state index contributed by atoms with van der Waals surface area (Å²) >= 11 is 1.11. The van der Waals surface area contributed by atoms with Gasteiger partial charge in [0, 0.05) is 0 Å². The summed E-state index contributed by atoms with van der Waals surface area (Å²) in [5, 5.41) is 9.49. The van der Waals surface area contributed by atoms with E-state index in [0.29, 0.717) is 19.1 Å². The van der Waals surface area contributed by atoms with Crippen molar-refractivity contribution in [1.82, 2.24) is 0 Å². The van der Waals surface area contributed by atoms with E-state index in [9.17, 15) is 9.90 Å². The molecule has 139 valence electrons. The maximum atomic E-state index is 10.4. The summed E-state index contributed by atoms with van der Waals surface area (Å²) in [4.78, 5) is 10.4. The molecule has 1 N–H and O–H groups in total. The van der Waals surface area contributed by atoms with Gasteiger partial charge < -0.3 is 9.90 Å². The number of aliphatic hydroxyl groups is 1. The van der Waals surface area contributed by atoms with Crippen molar-refractivity contribution >= 4 is 47.9 Å². The Morgan fingerprint density at radius 1 is 0.846 bits per heavy atom. The standard InChI is InChI=1S/C8H14O2.2C7H7.HI.Sn/c9-7-8(10)5-3-1-2-4-6-8;2*1-7-5-3-2-4-6-7;;/h7,10H,1-6H2;2*3-6H,1H3;1H;/q;;;;+1/p-1. The molecule has 0 amide bonds. The fraction of sp³-hybridized carbons (Fsp3) is 0.409. The predicted octanol–water partition coefficient (Wildman–Crippen LogP) is 4.11. The average molecular weight is 570 g/mol. The minimum Gasteiger partial charge on any atom is -0.382 e. The number of carbonyl (C=O) groups excluding carboxylic acids is 1. The summed E-state index contributed by atoms with van der Waals surface area (Å²) < 4.78 is 3.13. The molecule has 1 aliphatic rings. The molecule has 1 fully saturated rings. The van der Waals surface area contributed by atoms with Gasteiger partial charge in [0.1, 0.15) is 5.60 Å². The van der Waals surface area contributed by atoms with Crippen LogP contribution in [0.4, 0.5) is 0 Å². The van der Waals surface area contributed by atoms with Crippen molar-refractivity contribution in [1.29, 1.82) is 0 Å². The summed E-state index contributed by atoms with van der Waals surface area (Å²) in [6.07, 6.45) is 6.35. The SMILES string of the molecule is Cc1cc[c]([Sn]([I])[c]2ccc(C)cc2)cc1.O=CC1(O)CCCCCC1. The number of benzene rings is 2. The molecule has 3 rings (SSSR count). The molecule has 1 aliphatic carbocycles. The van der Waals surface area contributed by atoms with Crippen LogP contribution in [-0.4, -0.2) is 32.8 Å². The molecule has 26 heavy (non-hydrogen) atoms. The Morgan fingerprint density at radius 2 is 1.23 bits per heavy atom. The van der Waals surface area contributed by atoms with Gasteiger partial charge in [-0.05, 0) is 12.8 Å². The number of hydrogen-bond donors (Lipinski definition) is 1. The summed E-state index contributed by atoms with van der Waals surface area (Å²) in [6, 6.07) is 18.1. The van der Waals surface area contributed by atoms with Crippen LogP contribution < -0.4 is 7.16 Å². The van der Waals surface area contributed by atoms with Gasteiger partial charge in [0.05, 0.1) is 0 Å². The fourth-order valence-corrected chi connectivity index (χ4v) is 11.4. The molecule has 2 nitrogen and oxygen atoms in total. The average Bonchev–Trinajstić information content (AvgIpc) is 2.88. The molecule has 0 aromatic heterocycles. The van der Waals surface area contributed by atoms with E-state index in [0.717, 1.165) is 25.7 Å². The van der Waals surface area contributed by atoms with E-state index in [4.69, 9.17) is 0 Å². The van der Waals surface area contributed by atoms with E-state index in [-0.39, 0.29) is 0 Å². The Kier molecular flexibility index (Phi) is 9.10. The van der Waals surface area contributed by atoms with Gasteiger partial charge in [-0.15, -0.1) is 0 Å². The van der Waals surface area contributed by atoms with Crippen molar-refractivity contribution in [2.24, 2.45) is 0 Å². The van der Waals surface area contributed by atoms with E-state index in [1.54, 1.807) is 7.16 Å². The van der Waals surface area contributed by atoms with Crippen molar-refractivity contribution in [2.45, 2.75) is 58.0 Å². The molecule has 0 aliphatic heterocycles.